The molecule has 1 atom stereocenters. The van der Waals surface area contributed by atoms with Gasteiger partial charge in [-0.05, 0) is 36.8 Å². The molecular formula is C20H19FN4O2. The highest BCUT2D eigenvalue weighted by molar-refractivity contribution is 5.94. The van der Waals surface area contributed by atoms with Crippen LogP contribution in [0, 0.1) is 5.82 Å². The number of benzene rings is 1. The second kappa shape index (κ2) is 7.57. The predicted molar refractivity (Wildman–Crippen MR) is 96.8 cm³/mol. The Morgan fingerprint density at radius 1 is 1.30 bits per heavy atom. The van der Waals surface area contributed by atoms with Crippen LogP contribution in [-0.2, 0) is 6.61 Å². The molecule has 1 N–H and O–H groups in total. The van der Waals surface area contributed by atoms with Gasteiger partial charge in [-0.1, -0.05) is 6.07 Å². The van der Waals surface area contributed by atoms with E-state index in [1.165, 1.54) is 12.1 Å². The first kappa shape index (κ1) is 17.2. The van der Waals surface area contributed by atoms with Crippen molar-refractivity contribution in [2.24, 2.45) is 0 Å². The summed E-state index contributed by atoms with van der Waals surface area (Å²) in [6.07, 6.45) is 4.10. The normalized spacial score (nSPS) is 16.5. The van der Waals surface area contributed by atoms with Crippen LogP contribution in [0.2, 0.25) is 0 Å². The number of hydrogen-bond donors (Lipinski definition) is 1. The van der Waals surface area contributed by atoms with Gasteiger partial charge in [-0.3, -0.25) is 14.9 Å². The lowest BCUT2D eigenvalue weighted by Crippen LogP contribution is -2.28. The maximum atomic E-state index is 13.2. The van der Waals surface area contributed by atoms with Crippen LogP contribution in [0.1, 0.15) is 34.1 Å². The van der Waals surface area contributed by atoms with E-state index in [0.717, 1.165) is 17.8 Å². The Bertz CT molecular complexity index is 928. The average molecular weight is 366 g/mol. The summed E-state index contributed by atoms with van der Waals surface area (Å²) >= 11 is 0. The molecule has 3 heterocycles. The van der Waals surface area contributed by atoms with Gasteiger partial charge in [0.1, 0.15) is 18.2 Å². The summed E-state index contributed by atoms with van der Waals surface area (Å²) in [5, 5.41) is 7.33. The Morgan fingerprint density at radius 3 is 3.04 bits per heavy atom. The molecule has 0 radical (unpaired) electrons. The molecule has 2 aromatic heterocycles. The molecule has 1 fully saturated rings. The summed E-state index contributed by atoms with van der Waals surface area (Å²) in [6, 6.07) is 11.5. The number of nitrogens with one attached hydrogen (secondary N) is 1. The molecule has 1 amide bonds. The summed E-state index contributed by atoms with van der Waals surface area (Å²) in [5.74, 6) is 0.322. The Labute approximate surface area is 156 Å². The van der Waals surface area contributed by atoms with Crippen LogP contribution in [0.4, 0.5) is 4.39 Å². The highest BCUT2D eigenvalue weighted by Gasteiger charge is 2.29. The number of aromatic amines is 1. The number of nitrogens with zero attached hydrogens (tertiary/aromatic N) is 3. The van der Waals surface area contributed by atoms with Crippen LogP contribution >= 0.6 is 0 Å². The molecule has 27 heavy (non-hydrogen) atoms. The summed E-state index contributed by atoms with van der Waals surface area (Å²) in [6.45, 7) is 1.60. The van der Waals surface area contributed by atoms with Crippen LogP contribution in [-0.4, -0.2) is 39.1 Å². The van der Waals surface area contributed by atoms with Gasteiger partial charge in [-0.25, -0.2) is 4.39 Å². The molecule has 1 aliphatic rings. The van der Waals surface area contributed by atoms with Crippen molar-refractivity contribution in [1.29, 1.82) is 0 Å². The van der Waals surface area contributed by atoms with Crippen molar-refractivity contribution in [3.63, 3.8) is 0 Å². The van der Waals surface area contributed by atoms with Gasteiger partial charge in [0.05, 0.1) is 17.0 Å². The Balaban J connectivity index is 1.36. The van der Waals surface area contributed by atoms with E-state index in [1.54, 1.807) is 36.7 Å². The fraction of sp³-hybridized carbons (Fsp3) is 0.250. The van der Waals surface area contributed by atoms with Gasteiger partial charge in [-0.15, -0.1) is 0 Å². The molecule has 138 valence electrons. The van der Waals surface area contributed by atoms with E-state index in [4.69, 9.17) is 4.74 Å². The molecule has 1 aromatic carbocycles. The maximum Gasteiger partial charge on any atom is 0.255 e. The van der Waals surface area contributed by atoms with Crippen molar-refractivity contribution in [2.45, 2.75) is 18.9 Å². The van der Waals surface area contributed by atoms with E-state index in [0.29, 0.717) is 24.4 Å². The molecule has 1 aliphatic heterocycles. The van der Waals surface area contributed by atoms with Gasteiger partial charge >= 0.3 is 0 Å². The van der Waals surface area contributed by atoms with Gasteiger partial charge in [0, 0.05) is 37.5 Å². The lowest BCUT2D eigenvalue weighted by molar-refractivity contribution is 0.0790. The average Bonchev–Trinajstić information content (AvgIpc) is 3.36. The summed E-state index contributed by atoms with van der Waals surface area (Å²) < 4.78 is 18.8. The van der Waals surface area contributed by atoms with E-state index < -0.39 is 0 Å². The first-order valence-corrected chi connectivity index (χ1v) is 8.81. The minimum atomic E-state index is -0.331. The van der Waals surface area contributed by atoms with E-state index in [-0.39, 0.29) is 24.2 Å². The van der Waals surface area contributed by atoms with E-state index in [9.17, 15) is 9.18 Å². The Hall–Kier alpha value is -3.22. The third-order valence-electron chi connectivity index (χ3n) is 4.64. The number of hydrogen-bond acceptors (Lipinski definition) is 4. The molecule has 0 spiro atoms. The SMILES string of the molecule is O=C(c1cccnc1)N1CCC(c2cc(COc3cccc(F)c3)[nH]n2)C1. The second-order valence-electron chi connectivity index (χ2n) is 6.54. The highest BCUT2D eigenvalue weighted by atomic mass is 19.1. The largest absolute Gasteiger partial charge is 0.487 e. The zero-order chi connectivity index (χ0) is 18.6. The third-order valence-corrected chi connectivity index (χ3v) is 4.64. The number of halogens is 1. The van der Waals surface area contributed by atoms with Gasteiger partial charge < -0.3 is 9.64 Å². The molecule has 4 rings (SSSR count). The first-order valence-electron chi connectivity index (χ1n) is 8.81. The van der Waals surface area contributed by atoms with E-state index in [1.807, 2.05) is 11.0 Å². The molecular weight excluding hydrogens is 347 g/mol. The van der Waals surface area contributed by atoms with Gasteiger partial charge in [0.15, 0.2) is 0 Å². The number of carbonyl (C=O) groups excluding carboxylic acids is 1. The lowest BCUT2D eigenvalue weighted by atomic mass is 10.1. The lowest BCUT2D eigenvalue weighted by Gasteiger charge is -2.15. The van der Waals surface area contributed by atoms with Gasteiger partial charge in [0.2, 0.25) is 0 Å². The quantitative estimate of drug-likeness (QED) is 0.753. The topological polar surface area (TPSA) is 71.1 Å². The zero-order valence-corrected chi connectivity index (χ0v) is 14.6. The van der Waals surface area contributed by atoms with E-state index >= 15 is 0 Å². The Morgan fingerprint density at radius 2 is 2.22 bits per heavy atom. The van der Waals surface area contributed by atoms with Crippen molar-refractivity contribution in [3.8, 4) is 5.75 Å². The number of likely N-dealkylation sites (tertiary alicyclic amines) is 1. The second-order valence-corrected chi connectivity index (χ2v) is 6.54. The molecule has 7 heteroatoms. The first-order chi connectivity index (χ1) is 13.2. The summed E-state index contributed by atoms with van der Waals surface area (Å²) in [5.41, 5.74) is 2.32. The van der Waals surface area contributed by atoms with Crippen molar-refractivity contribution < 1.29 is 13.9 Å². The summed E-state index contributed by atoms with van der Waals surface area (Å²) in [4.78, 5) is 18.4. The number of aromatic nitrogens is 3. The maximum absolute atomic E-state index is 13.2. The monoisotopic (exact) mass is 366 g/mol. The third kappa shape index (κ3) is 3.97. The van der Waals surface area contributed by atoms with Crippen LogP contribution in [0.15, 0.2) is 54.9 Å². The molecule has 1 saturated heterocycles. The minimum Gasteiger partial charge on any atom is -0.487 e. The molecule has 3 aromatic rings. The van der Waals surface area contributed by atoms with Crippen molar-refractivity contribution >= 4 is 5.91 Å². The van der Waals surface area contributed by atoms with Crippen molar-refractivity contribution in [1.82, 2.24) is 20.1 Å². The van der Waals surface area contributed by atoms with Gasteiger partial charge in [-0.2, -0.15) is 5.10 Å². The minimum absolute atomic E-state index is 0.00389. The van der Waals surface area contributed by atoms with Crippen LogP contribution in [0.3, 0.4) is 0 Å². The fourth-order valence-corrected chi connectivity index (χ4v) is 3.24. The zero-order valence-electron chi connectivity index (χ0n) is 14.6. The Kier molecular flexibility index (Phi) is 4.82. The standard InChI is InChI=1S/C20H19FN4O2/c21-16-4-1-5-18(9-16)27-13-17-10-19(24-23-17)15-6-8-25(12-15)20(26)14-3-2-7-22-11-14/h1-5,7,9-11,15H,6,8,12-13H2,(H,23,24). The molecule has 1 unspecified atom stereocenters. The number of carbonyl (C=O) groups is 1. The molecule has 6 nitrogen and oxygen atoms in total. The smallest absolute Gasteiger partial charge is 0.255 e. The van der Waals surface area contributed by atoms with Gasteiger partial charge in [0.25, 0.3) is 5.91 Å². The number of rotatable bonds is 5. The van der Waals surface area contributed by atoms with Crippen molar-refractivity contribution in [3.05, 3.63) is 77.6 Å². The van der Waals surface area contributed by atoms with Crippen molar-refractivity contribution in [2.75, 3.05) is 13.1 Å². The van der Waals surface area contributed by atoms with E-state index in [2.05, 4.69) is 15.2 Å². The highest BCUT2D eigenvalue weighted by Crippen LogP contribution is 2.27. The predicted octanol–water partition coefficient (Wildman–Crippen LogP) is 3.15. The number of amides is 1. The van der Waals surface area contributed by atoms with Crippen LogP contribution < -0.4 is 4.74 Å². The molecule has 0 aliphatic carbocycles. The number of pyridine rings is 1. The number of H-pyrrole nitrogens is 1. The molecule has 0 saturated carbocycles. The number of ether oxygens (including phenoxy) is 1. The fourth-order valence-electron chi connectivity index (χ4n) is 3.24. The summed E-state index contributed by atoms with van der Waals surface area (Å²) in [7, 11) is 0. The van der Waals surface area contributed by atoms with Crippen LogP contribution in [0.5, 0.6) is 5.75 Å². The van der Waals surface area contributed by atoms with Crippen LogP contribution in [0.25, 0.3) is 0 Å². The molecule has 0 bridgehead atoms.